The molecule has 1 aliphatic rings. The molecule has 7 nitrogen and oxygen atoms in total. The molecule has 1 aromatic carbocycles. The summed E-state index contributed by atoms with van der Waals surface area (Å²) in [5, 5.41) is 20.6. The first-order chi connectivity index (χ1) is 9.86. The van der Waals surface area contributed by atoms with E-state index in [0.717, 1.165) is 0 Å². The van der Waals surface area contributed by atoms with Gasteiger partial charge >= 0.3 is 5.69 Å². The average Bonchev–Trinajstić information content (AvgIpc) is 2.64. The summed E-state index contributed by atoms with van der Waals surface area (Å²) in [6.07, 6.45) is 1.51. The van der Waals surface area contributed by atoms with E-state index < -0.39 is 16.4 Å². The smallest absolute Gasteiger partial charge is 0.311 e. The standard InChI is InChI=1S/C13H13N3O4S/c1-3-15-12(18)10(14(2)13(15)21)7-8-4-5-11(17)9(6-8)16(19)20/h4-7,17H,3H2,1-2H3/b10-7+. The van der Waals surface area contributed by atoms with Crippen LogP contribution in [-0.2, 0) is 4.79 Å². The van der Waals surface area contributed by atoms with Crippen LogP contribution in [0.1, 0.15) is 12.5 Å². The first-order valence-corrected chi connectivity index (χ1v) is 6.56. The monoisotopic (exact) mass is 307 g/mol. The zero-order chi connectivity index (χ0) is 15.7. The fourth-order valence-corrected chi connectivity index (χ4v) is 2.33. The second-order valence-electron chi connectivity index (χ2n) is 4.43. The lowest BCUT2D eigenvalue weighted by atomic mass is 10.1. The summed E-state index contributed by atoms with van der Waals surface area (Å²) in [5.74, 6) is -0.667. The molecule has 1 aromatic rings. The summed E-state index contributed by atoms with van der Waals surface area (Å²) in [7, 11) is 1.66. The van der Waals surface area contributed by atoms with Crippen LogP contribution in [0.2, 0.25) is 0 Å². The molecule has 0 aliphatic carbocycles. The Morgan fingerprint density at radius 3 is 2.67 bits per heavy atom. The number of hydrogen-bond donors (Lipinski definition) is 1. The van der Waals surface area contributed by atoms with Gasteiger partial charge in [-0.2, -0.15) is 0 Å². The number of nitrogens with zero attached hydrogens (tertiary/aromatic N) is 3. The van der Waals surface area contributed by atoms with Crippen molar-refractivity contribution in [1.82, 2.24) is 9.80 Å². The summed E-state index contributed by atoms with van der Waals surface area (Å²) in [6, 6.07) is 3.93. The molecule has 0 spiro atoms. The first-order valence-electron chi connectivity index (χ1n) is 6.15. The summed E-state index contributed by atoms with van der Waals surface area (Å²) < 4.78 is 0. The predicted octanol–water partition coefficient (Wildman–Crippen LogP) is 1.72. The van der Waals surface area contributed by atoms with Crippen LogP contribution in [0.25, 0.3) is 6.08 Å². The SMILES string of the molecule is CCN1C(=O)/C(=C\c2ccc(O)c([N+](=O)[O-])c2)N(C)C1=S. The molecule has 2 rings (SSSR count). The molecule has 1 saturated heterocycles. The second-order valence-corrected chi connectivity index (χ2v) is 4.79. The maximum Gasteiger partial charge on any atom is 0.311 e. The number of amides is 1. The molecule has 0 radical (unpaired) electrons. The average molecular weight is 307 g/mol. The number of thiocarbonyl (C=S) groups is 1. The molecule has 1 N–H and O–H groups in total. The number of benzene rings is 1. The van der Waals surface area contributed by atoms with Gasteiger partial charge in [0.1, 0.15) is 5.70 Å². The van der Waals surface area contributed by atoms with Crippen molar-refractivity contribution < 1.29 is 14.8 Å². The lowest BCUT2D eigenvalue weighted by Gasteiger charge is -2.13. The van der Waals surface area contributed by atoms with Crippen molar-refractivity contribution in [3.63, 3.8) is 0 Å². The molecular weight excluding hydrogens is 294 g/mol. The number of aromatic hydroxyl groups is 1. The molecule has 1 heterocycles. The zero-order valence-electron chi connectivity index (χ0n) is 11.4. The van der Waals surface area contributed by atoms with Gasteiger partial charge in [-0.3, -0.25) is 19.8 Å². The third-order valence-electron chi connectivity index (χ3n) is 3.16. The molecule has 0 aromatic heterocycles. The number of phenols is 1. The van der Waals surface area contributed by atoms with Crippen LogP contribution < -0.4 is 0 Å². The molecule has 1 amide bonds. The molecular formula is C13H13N3O4S. The Bertz CT molecular complexity index is 671. The van der Waals surface area contributed by atoms with Crippen LogP contribution in [0.5, 0.6) is 5.75 Å². The highest BCUT2D eigenvalue weighted by molar-refractivity contribution is 7.80. The van der Waals surface area contributed by atoms with E-state index in [2.05, 4.69) is 0 Å². The number of carbonyl (C=O) groups excluding carboxylic acids is 1. The van der Waals surface area contributed by atoms with Crippen molar-refractivity contribution in [2.75, 3.05) is 13.6 Å². The number of phenolic OH excluding ortho intramolecular Hbond substituents is 1. The van der Waals surface area contributed by atoms with Crippen molar-refractivity contribution in [3.8, 4) is 5.75 Å². The lowest BCUT2D eigenvalue weighted by molar-refractivity contribution is -0.385. The van der Waals surface area contributed by atoms with E-state index in [9.17, 15) is 20.0 Å². The summed E-state index contributed by atoms with van der Waals surface area (Å²) in [6.45, 7) is 2.27. The van der Waals surface area contributed by atoms with E-state index in [1.807, 2.05) is 6.92 Å². The van der Waals surface area contributed by atoms with Gasteiger partial charge in [0, 0.05) is 19.7 Å². The van der Waals surface area contributed by atoms with Gasteiger partial charge in [-0.1, -0.05) is 6.07 Å². The normalized spacial score (nSPS) is 17.0. The van der Waals surface area contributed by atoms with Crippen LogP contribution in [0, 0.1) is 10.1 Å². The maximum absolute atomic E-state index is 12.2. The minimum atomic E-state index is -0.680. The number of carbonyl (C=O) groups is 1. The summed E-state index contributed by atoms with van der Waals surface area (Å²) in [4.78, 5) is 25.3. The van der Waals surface area contributed by atoms with Gasteiger partial charge in [-0.15, -0.1) is 0 Å². The second kappa shape index (κ2) is 5.49. The third-order valence-corrected chi connectivity index (χ3v) is 3.65. The largest absolute Gasteiger partial charge is 0.502 e. The molecule has 1 aliphatic heterocycles. The Labute approximate surface area is 126 Å². The molecule has 110 valence electrons. The first kappa shape index (κ1) is 14.9. The number of nitro groups is 1. The Hall–Kier alpha value is -2.48. The van der Waals surface area contributed by atoms with Crippen LogP contribution >= 0.6 is 12.2 Å². The Morgan fingerprint density at radius 2 is 2.14 bits per heavy atom. The highest BCUT2D eigenvalue weighted by Crippen LogP contribution is 2.28. The van der Waals surface area contributed by atoms with Crippen molar-refractivity contribution in [3.05, 3.63) is 39.6 Å². The third kappa shape index (κ3) is 2.57. The molecule has 8 heteroatoms. The molecule has 0 unspecified atom stereocenters. The van der Waals surface area contributed by atoms with Crippen LogP contribution in [0.15, 0.2) is 23.9 Å². The highest BCUT2D eigenvalue weighted by Gasteiger charge is 2.34. The number of rotatable bonds is 3. The topological polar surface area (TPSA) is 86.9 Å². The Balaban J connectivity index is 2.45. The van der Waals surface area contributed by atoms with Crippen molar-refractivity contribution in [2.45, 2.75) is 6.92 Å². The van der Waals surface area contributed by atoms with E-state index in [-0.39, 0.29) is 5.91 Å². The highest BCUT2D eigenvalue weighted by atomic mass is 32.1. The van der Waals surface area contributed by atoms with E-state index in [1.165, 1.54) is 29.2 Å². The van der Waals surface area contributed by atoms with E-state index >= 15 is 0 Å². The van der Waals surface area contributed by atoms with Crippen molar-refractivity contribution >= 4 is 35.0 Å². The van der Waals surface area contributed by atoms with Crippen molar-refractivity contribution in [2.24, 2.45) is 0 Å². The van der Waals surface area contributed by atoms with E-state index in [0.29, 0.717) is 22.9 Å². The van der Waals surface area contributed by atoms with Crippen LogP contribution in [0.4, 0.5) is 5.69 Å². The van der Waals surface area contributed by atoms with Gasteiger partial charge in [-0.25, -0.2) is 0 Å². The summed E-state index contributed by atoms with van der Waals surface area (Å²) in [5.41, 5.74) is 0.365. The van der Waals surface area contributed by atoms with Gasteiger partial charge < -0.3 is 10.0 Å². The summed E-state index contributed by atoms with van der Waals surface area (Å²) >= 11 is 5.16. The Morgan fingerprint density at radius 1 is 1.48 bits per heavy atom. The molecule has 0 atom stereocenters. The Kier molecular flexibility index (Phi) is 3.90. The van der Waals surface area contributed by atoms with Gasteiger partial charge in [0.15, 0.2) is 10.9 Å². The fraction of sp³-hybridized carbons (Fsp3) is 0.231. The maximum atomic E-state index is 12.2. The molecule has 1 fully saturated rings. The quantitative estimate of drug-likeness (QED) is 0.396. The lowest BCUT2D eigenvalue weighted by Crippen LogP contribution is -2.30. The predicted molar refractivity (Wildman–Crippen MR) is 80.5 cm³/mol. The van der Waals surface area contributed by atoms with Crippen LogP contribution in [-0.4, -0.2) is 44.4 Å². The van der Waals surface area contributed by atoms with E-state index in [1.54, 1.807) is 11.9 Å². The molecule has 0 saturated carbocycles. The zero-order valence-corrected chi connectivity index (χ0v) is 12.3. The van der Waals surface area contributed by atoms with E-state index in [4.69, 9.17) is 12.2 Å². The number of hydrogen-bond acceptors (Lipinski definition) is 5. The molecule has 21 heavy (non-hydrogen) atoms. The minimum Gasteiger partial charge on any atom is -0.502 e. The van der Waals surface area contributed by atoms with Gasteiger partial charge in [0.25, 0.3) is 5.91 Å². The minimum absolute atomic E-state index is 0.249. The number of nitro benzene ring substituents is 1. The number of likely N-dealkylation sites (N-methyl/N-ethyl adjacent to an activating group) is 2. The van der Waals surface area contributed by atoms with Gasteiger partial charge in [0.05, 0.1) is 4.92 Å². The van der Waals surface area contributed by atoms with Gasteiger partial charge in [-0.05, 0) is 36.8 Å². The van der Waals surface area contributed by atoms with Gasteiger partial charge in [0.2, 0.25) is 0 Å². The van der Waals surface area contributed by atoms with Crippen molar-refractivity contribution in [1.29, 1.82) is 0 Å². The van der Waals surface area contributed by atoms with Crippen LogP contribution in [0.3, 0.4) is 0 Å². The fourth-order valence-electron chi connectivity index (χ4n) is 2.02. The molecule has 0 bridgehead atoms.